The molecule has 236 valence electrons. The molecule has 1 saturated carbocycles. The number of nitrogens with one attached hydrogen (secondary N) is 1. The molecule has 43 heavy (non-hydrogen) atoms. The van der Waals surface area contributed by atoms with Crippen molar-refractivity contribution in [3.05, 3.63) is 39.9 Å². The maximum atomic E-state index is 13.4. The van der Waals surface area contributed by atoms with Gasteiger partial charge >= 0.3 is 11.9 Å². The number of nitrogens with zero attached hydrogens (tertiary/aromatic N) is 4. The molecule has 2 amide bonds. The van der Waals surface area contributed by atoms with Crippen molar-refractivity contribution in [2.24, 2.45) is 17.8 Å². The number of rotatable bonds is 16. The lowest BCUT2D eigenvalue weighted by molar-refractivity contribution is -0.148. The minimum absolute atomic E-state index is 0.0798. The number of amides is 2. The van der Waals surface area contributed by atoms with Crippen LogP contribution in [0.3, 0.4) is 0 Å². The van der Waals surface area contributed by atoms with Crippen molar-refractivity contribution in [1.82, 2.24) is 25.2 Å². The van der Waals surface area contributed by atoms with Crippen LogP contribution in [0.2, 0.25) is 0 Å². The Morgan fingerprint density at radius 3 is 2.37 bits per heavy atom. The lowest BCUT2D eigenvalue weighted by Crippen LogP contribution is -2.41. The van der Waals surface area contributed by atoms with Crippen molar-refractivity contribution in [2.45, 2.75) is 97.8 Å². The van der Waals surface area contributed by atoms with Crippen LogP contribution in [0.4, 0.5) is 0 Å². The molecule has 12 heteroatoms. The van der Waals surface area contributed by atoms with E-state index in [2.05, 4.69) is 20.3 Å². The van der Waals surface area contributed by atoms with Crippen LogP contribution in [0, 0.1) is 24.7 Å². The fourth-order valence-corrected chi connectivity index (χ4v) is 5.89. The predicted octanol–water partition coefficient (Wildman–Crippen LogP) is 4.45. The van der Waals surface area contributed by atoms with E-state index in [1.165, 1.54) is 38.2 Å². The summed E-state index contributed by atoms with van der Waals surface area (Å²) in [6.07, 6.45) is 7.50. The Hall–Kier alpha value is -3.41. The van der Waals surface area contributed by atoms with Gasteiger partial charge in [-0.1, -0.05) is 33.6 Å². The second-order valence-electron chi connectivity index (χ2n) is 11.9. The number of aromatic nitrogens is 3. The molecule has 0 aliphatic heterocycles. The summed E-state index contributed by atoms with van der Waals surface area (Å²) in [5.74, 6) is -0.337. The van der Waals surface area contributed by atoms with Gasteiger partial charge in [-0.05, 0) is 37.2 Å². The minimum Gasteiger partial charge on any atom is -0.469 e. The molecule has 2 aromatic heterocycles. The van der Waals surface area contributed by atoms with E-state index in [0.29, 0.717) is 42.4 Å². The molecular weight excluding hydrogens is 570 g/mol. The zero-order chi connectivity index (χ0) is 31.7. The normalized spacial score (nSPS) is 15.7. The Morgan fingerprint density at radius 1 is 1.12 bits per heavy atom. The SMILES string of the molecule is COC(=O)C(C)C[C@H](Cc1ncc(C)cn1)NC(=O)c1csc(C(CC(C(C)C)N(C)C(=O)CCC2CC2)OC(C)=O)n1. The highest BCUT2D eigenvalue weighted by molar-refractivity contribution is 7.09. The predicted molar refractivity (Wildman–Crippen MR) is 162 cm³/mol. The summed E-state index contributed by atoms with van der Waals surface area (Å²) >= 11 is 1.23. The standard InChI is InChI=1S/C31H45N5O6S/c1-18(2)25(36(6)28(38)11-10-22-8-9-22)14-26(42-21(5)37)30-35-24(17-43-30)29(39)34-23(12-20(4)31(40)41-7)13-27-32-15-19(3)16-33-27/h15-18,20,22-23,25-26H,8-14H2,1-7H3,(H,34,39)/t20?,23-,25?,26?/m1/s1. The first-order valence-electron chi connectivity index (χ1n) is 14.9. The Bertz CT molecular complexity index is 1250. The highest BCUT2D eigenvalue weighted by atomic mass is 32.1. The van der Waals surface area contributed by atoms with Gasteiger partial charge in [0.05, 0.1) is 13.0 Å². The van der Waals surface area contributed by atoms with Crippen LogP contribution in [0.5, 0.6) is 0 Å². The van der Waals surface area contributed by atoms with Crippen LogP contribution in [0.15, 0.2) is 17.8 Å². The lowest BCUT2D eigenvalue weighted by Gasteiger charge is -2.33. The van der Waals surface area contributed by atoms with Crippen molar-refractivity contribution in [1.29, 1.82) is 0 Å². The Balaban J connectivity index is 1.75. The van der Waals surface area contributed by atoms with Gasteiger partial charge in [0.2, 0.25) is 5.91 Å². The van der Waals surface area contributed by atoms with Gasteiger partial charge in [-0.25, -0.2) is 15.0 Å². The maximum Gasteiger partial charge on any atom is 0.308 e. The molecule has 1 aliphatic carbocycles. The van der Waals surface area contributed by atoms with E-state index < -0.39 is 29.9 Å². The number of carbonyl (C=O) groups excluding carboxylic acids is 4. The molecule has 1 N–H and O–H groups in total. The molecule has 0 aromatic carbocycles. The molecule has 0 saturated heterocycles. The largest absolute Gasteiger partial charge is 0.469 e. The minimum atomic E-state index is -0.716. The van der Waals surface area contributed by atoms with E-state index in [0.717, 1.165) is 12.0 Å². The molecular formula is C31H45N5O6S. The second kappa shape index (κ2) is 15.9. The van der Waals surface area contributed by atoms with E-state index in [1.807, 2.05) is 20.8 Å². The lowest BCUT2D eigenvalue weighted by atomic mass is 9.96. The quantitative estimate of drug-likeness (QED) is 0.271. The van der Waals surface area contributed by atoms with Gasteiger partial charge in [-0.2, -0.15) is 0 Å². The average molecular weight is 616 g/mol. The summed E-state index contributed by atoms with van der Waals surface area (Å²) in [7, 11) is 3.14. The molecule has 1 aliphatic rings. The van der Waals surface area contributed by atoms with Gasteiger partial charge in [0.25, 0.3) is 5.91 Å². The highest BCUT2D eigenvalue weighted by Gasteiger charge is 2.32. The summed E-state index contributed by atoms with van der Waals surface area (Å²) in [6.45, 7) is 9.04. The summed E-state index contributed by atoms with van der Waals surface area (Å²) in [6, 6.07) is -0.643. The number of hydrogen-bond acceptors (Lipinski definition) is 10. The fourth-order valence-electron chi connectivity index (χ4n) is 5.05. The third-order valence-corrected chi connectivity index (χ3v) is 8.69. The van der Waals surface area contributed by atoms with Crippen molar-refractivity contribution in [3.63, 3.8) is 0 Å². The van der Waals surface area contributed by atoms with Gasteiger partial charge in [0, 0.05) is 63.1 Å². The molecule has 3 unspecified atom stereocenters. The average Bonchev–Trinajstić information content (AvgIpc) is 3.66. The molecule has 1 fully saturated rings. The van der Waals surface area contributed by atoms with E-state index in [-0.39, 0.29) is 29.5 Å². The zero-order valence-corrected chi connectivity index (χ0v) is 27.1. The summed E-state index contributed by atoms with van der Waals surface area (Å²) in [4.78, 5) is 65.5. The van der Waals surface area contributed by atoms with Gasteiger partial charge in [0.15, 0.2) is 6.10 Å². The molecule has 0 spiro atoms. The maximum absolute atomic E-state index is 13.4. The number of hydrogen-bond donors (Lipinski definition) is 1. The Kier molecular flexibility index (Phi) is 12.6. The first-order valence-corrected chi connectivity index (χ1v) is 15.8. The number of thiazole rings is 1. The molecule has 4 atom stereocenters. The van der Waals surface area contributed by atoms with E-state index >= 15 is 0 Å². The van der Waals surface area contributed by atoms with Crippen LogP contribution >= 0.6 is 11.3 Å². The van der Waals surface area contributed by atoms with Gasteiger partial charge in [-0.15, -0.1) is 11.3 Å². The van der Waals surface area contributed by atoms with E-state index in [1.54, 1.807) is 36.6 Å². The smallest absolute Gasteiger partial charge is 0.308 e. The van der Waals surface area contributed by atoms with E-state index in [4.69, 9.17) is 9.47 Å². The highest BCUT2D eigenvalue weighted by Crippen LogP contribution is 2.34. The van der Waals surface area contributed by atoms with Crippen molar-refractivity contribution in [2.75, 3.05) is 14.2 Å². The second-order valence-corrected chi connectivity index (χ2v) is 12.8. The summed E-state index contributed by atoms with van der Waals surface area (Å²) < 4.78 is 10.6. The monoisotopic (exact) mass is 615 g/mol. The van der Waals surface area contributed by atoms with Gasteiger partial charge < -0.3 is 19.7 Å². The molecule has 0 radical (unpaired) electrons. The molecule has 11 nitrogen and oxygen atoms in total. The number of aryl methyl sites for hydroxylation is 1. The number of methoxy groups -OCH3 is 1. The van der Waals surface area contributed by atoms with Crippen LogP contribution in [-0.2, 0) is 30.3 Å². The molecule has 2 aromatic rings. The molecule has 2 heterocycles. The van der Waals surface area contributed by atoms with E-state index in [9.17, 15) is 19.2 Å². The van der Waals surface area contributed by atoms with Crippen LogP contribution in [0.1, 0.15) is 99.2 Å². The Labute approximate surface area is 258 Å². The fraction of sp³-hybridized carbons (Fsp3) is 0.645. The zero-order valence-electron chi connectivity index (χ0n) is 26.3. The van der Waals surface area contributed by atoms with Gasteiger partial charge in [0.1, 0.15) is 16.5 Å². The number of ether oxygens (including phenoxy) is 2. The van der Waals surface area contributed by atoms with Crippen LogP contribution in [0.25, 0.3) is 0 Å². The third kappa shape index (κ3) is 10.7. The number of esters is 2. The first kappa shape index (κ1) is 34.1. The summed E-state index contributed by atoms with van der Waals surface area (Å²) in [5.41, 5.74) is 1.09. The van der Waals surface area contributed by atoms with Crippen molar-refractivity contribution < 1.29 is 28.7 Å². The van der Waals surface area contributed by atoms with Gasteiger partial charge in [-0.3, -0.25) is 19.2 Å². The number of carbonyl (C=O) groups is 4. The van der Waals surface area contributed by atoms with Crippen molar-refractivity contribution in [3.8, 4) is 0 Å². The van der Waals surface area contributed by atoms with Crippen LogP contribution in [-0.4, -0.2) is 69.8 Å². The topological polar surface area (TPSA) is 141 Å². The molecule has 0 bridgehead atoms. The first-order chi connectivity index (χ1) is 20.4. The third-order valence-electron chi connectivity index (χ3n) is 7.76. The Morgan fingerprint density at radius 2 is 1.79 bits per heavy atom. The molecule has 3 rings (SSSR count). The summed E-state index contributed by atoms with van der Waals surface area (Å²) in [5, 5.41) is 5.08. The van der Waals surface area contributed by atoms with Crippen molar-refractivity contribution >= 4 is 35.1 Å². The van der Waals surface area contributed by atoms with Crippen LogP contribution < -0.4 is 5.32 Å².